The summed E-state index contributed by atoms with van der Waals surface area (Å²) < 4.78 is 5.30. The molecule has 1 aromatic rings. The molecule has 1 saturated heterocycles. The first-order valence-electron chi connectivity index (χ1n) is 7.46. The number of nitrogens with two attached hydrogens (primary N) is 1. The number of benzene rings is 1. The summed E-state index contributed by atoms with van der Waals surface area (Å²) in [5, 5.41) is 0. The lowest BCUT2D eigenvalue weighted by atomic mass is 10.0. The van der Waals surface area contributed by atoms with Crippen molar-refractivity contribution in [2.45, 2.75) is 19.9 Å². The lowest BCUT2D eigenvalue weighted by Gasteiger charge is -2.25. The van der Waals surface area contributed by atoms with Crippen LogP contribution in [-0.4, -0.2) is 43.5 Å². The number of allylic oxidation sites excluding steroid dienone is 1. The van der Waals surface area contributed by atoms with Crippen molar-refractivity contribution < 1.29 is 9.53 Å². The molecule has 2 rings (SSSR count). The predicted molar refractivity (Wildman–Crippen MR) is 84.2 cm³/mol. The first-order valence-corrected chi connectivity index (χ1v) is 7.46. The van der Waals surface area contributed by atoms with Crippen LogP contribution in [0.25, 0.3) is 0 Å². The van der Waals surface area contributed by atoms with Crippen molar-refractivity contribution in [1.82, 2.24) is 4.90 Å². The molecular formula is C17H24N2O2. The lowest BCUT2D eigenvalue weighted by Crippen LogP contribution is -2.36. The van der Waals surface area contributed by atoms with Gasteiger partial charge in [-0.05, 0) is 24.1 Å². The van der Waals surface area contributed by atoms with Gasteiger partial charge in [-0.1, -0.05) is 29.8 Å². The van der Waals surface area contributed by atoms with Crippen LogP contribution in [0, 0.1) is 6.92 Å². The molecule has 0 spiro atoms. The Labute approximate surface area is 126 Å². The minimum absolute atomic E-state index is 0.136. The minimum Gasteiger partial charge on any atom is -0.379 e. The Bertz CT molecular complexity index is 506. The molecule has 114 valence electrons. The van der Waals surface area contributed by atoms with Crippen molar-refractivity contribution in [3.63, 3.8) is 0 Å². The van der Waals surface area contributed by atoms with Crippen molar-refractivity contribution in [1.29, 1.82) is 0 Å². The summed E-state index contributed by atoms with van der Waals surface area (Å²) in [4.78, 5) is 14.3. The second-order valence-corrected chi connectivity index (χ2v) is 5.49. The first-order chi connectivity index (χ1) is 10.2. The molecule has 1 aliphatic rings. The van der Waals surface area contributed by atoms with Crippen LogP contribution in [0.5, 0.6) is 0 Å². The number of nitrogens with zero attached hydrogens (tertiary/aromatic N) is 1. The molecule has 0 aliphatic carbocycles. The Morgan fingerprint density at radius 1 is 1.29 bits per heavy atom. The van der Waals surface area contributed by atoms with Gasteiger partial charge in [0.1, 0.15) is 0 Å². The molecule has 1 fully saturated rings. The van der Waals surface area contributed by atoms with Gasteiger partial charge in [0.2, 0.25) is 0 Å². The molecule has 0 atom stereocenters. The van der Waals surface area contributed by atoms with Crippen LogP contribution in [-0.2, 0) is 22.5 Å². The zero-order chi connectivity index (χ0) is 15.1. The quantitative estimate of drug-likeness (QED) is 0.805. The van der Waals surface area contributed by atoms with E-state index in [-0.39, 0.29) is 5.78 Å². The van der Waals surface area contributed by atoms with Gasteiger partial charge in [-0.25, -0.2) is 0 Å². The van der Waals surface area contributed by atoms with Gasteiger partial charge >= 0.3 is 0 Å². The van der Waals surface area contributed by atoms with E-state index < -0.39 is 0 Å². The molecule has 0 amide bonds. The third-order valence-corrected chi connectivity index (χ3v) is 3.58. The third-order valence-electron chi connectivity index (χ3n) is 3.58. The van der Waals surface area contributed by atoms with Gasteiger partial charge in [0, 0.05) is 32.6 Å². The van der Waals surface area contributed by atoms with Crippen LogP contribution in [0.2, 0.25) is 0 Å². The Hall–Kier alpha value is -1.49. The maximum absolute atomic E-state index is 12.0. The monoisotopic (exact) mass is 288 g/mol. The maximum atomic E-state index is 12.0. The molecular weight excluding hydrogens is 264 g/mol. The fraction of sp³-hybridized carbons (Fsp3) is 0.471. The average Bonchev–Trinajstić information content (AvgIpc) is 2.47. The standard InChI is InChI=1S/C17H24N2O2/c1-14-9-15(11-16(10-14)13-18)12-17(20)3-2-4-19-5-7-21-8-6-19/h2-3,9-11H,4-8,12-13,18H2,1H3/b3-2+. The first kappa shape index (κ1) is 15.9. The molecule has 4 nitrogen and oxygen atoms in total. The number of hydrogen-bond acceptors (Lipinski definition) is 4. The van der Waals surface area contributed by atoms with Crippen LogP contribution >= 0.6 is 0 Å². The second-order valence-electron chi connectivity index (χ2n) is 5.49. The molecule has 0 bridgehead atoms. The van der Waals surface area contributed by atoms with Gasteiger partial charge in [0.25, 0.3) is 0 Å². The highest BCUT2D eigenvalue weighted by molar-refractivity contribution is 5.91. The zero-order valence-electron chi connectivity index (χ0n) is 12.7. The van der Waals surface area contributed by atoms with E-state index in [9.17, 15) is 4.79 Å². The van der Waals surface area contributed by atoms with Gasteiger partial charge < -0.3 is 10.5 Å². The molecule has 0 unspecified atom stereocenters. The molecule has 21 heavy (non-hydrogen) atoms. The normalized spacial score (nSPS) is 16.5. The van der Waals surface area contributed by atoms with Crippen LogP contribution in [0.4, 0.5) is 0 Å². The van der Waals surface area contributed by atoms with Gasteiger partial charge in [-0.15, -0.1) is 0 Å². The number of aryl methyl sites for hydroxylation is 1. The third kappa shape index (κ3) is 5.42. The SMILES string of the molecule is Cc1cc(CN)cc(CC(=O)/C=C/CN2CCOCC2)c1. The number of hydrogen-bond donors (Lipinski definition) is 1. The Kier molecular flexibility index (Phi) is 6.11. The van der Waals surface area contributed by atoms with Crippen molar-refractivity contribution >= 4 is 5.78 Å². The van der Waals surface area contributed by atoms with Crippen LogP contribution in [0.1, 0.15) is 16.7 Å². The Balaban J connectivity index is 1.84. The Morgan fingerprint density at radius 3 is 2.71 bits per heavy atom. The number of carbonyl (C=O) groups is 1. The molecule has 1 aliphatic heterocycles. The highest BCUT2D eigenvalue weighted by Crippen LogP contribution is 2.10. The van der Waals surface area contributed by atoms with E-state index >= 15 is 0 Å². The van der Waals surface area contributed by atoms with E-state index in [1.165, 1.54) is 0 Å². The number of ether oxygens (including phenoxy) is 1. The summed E-state index contributed by atoms with van der Waals surface area (Å²) in [7, 11) is 0. The van der Waals surface area contributed by atoms with E-state index in [1.54, 1.807) is 6.08 Å². The summed E-state index contributed by atoms with van der Waals surface area (Å²) in [6.07, 6.45) is 4.08. The molecule has 2 N–H and O–H groups in total. The largest absolute Gasteiger partial charge is 0.379 e. The topological polar surface area (TPSA) is 55.6 Å². The second kappa shape index (κ2) is 8.08. The number of ketones is 1. The fourth-order valence-electron chi connectivity index (χ4n) is 2.54. The van der Waals surface area contributed by atoms with Crippen molar-refractivity contribution in [3.05, 3.63) is 47.0 Å². The summed E-state index contributed by atoms with van der Waals surface area (Å²) in [6, 6.07) is 6.12. The zero-order valence-corrected chi connectivity index (χ0v) is 12.7. The predicted octanol–water partition coefficient (Wildman–Crippen LogP) is 1.45. The maximum Gasteiger partial charge on any atom is 0.159 e. The van der Waals surface area contributed by atoms with Crippen molar-refractivity contribution in [2.75, 3.05) is 32.8 Å². The highest BCUT2D eigenvalue weighted by Gasteiger charge is 2.08. The highest BCUT2D eigenvalue weighted by atomic mass is 16.5. The number of rotatable bonds is 6. The van der Waals surface area contributed by atoms with E-state index in [1.807, 2.05) is 25.1 Å². The fourth-order valence-corrected chi connectivity index (χ4v) is 2.54. The van der Waals surface area contributed by atoms with Gasteiger partial charge in [0.05, 0.1) is 13.2 Å². The minimum atomic E-state index is 0.136. The molecule has 0 aromatic heterocycles. The van der Waals surface area contributed by atoms with Crippen molar-refractivity contribution in [3.8, 4) is 0 Å². The van der Waals surface area contributed by atoms with Crippen LogP contribution in [0.15, 0.2) is 30.4 Å². The van der Waals surface area contributed by atoms with Crippen LogP contribution in [0.3, 0.4) is 0 Å². The van der Waals surface area contributed by atoms with Gasteiger partial charge in [-0.2, -0.15) is 0 Å². The lowest BCUT2D eigenvalue weighted by molar-refractivity contribution is -0.114. The summed E-state index contributed by atoms with van der Waals surface area (Å²) in [5.74, 6) is 0.136. The molecule has 0 saturated carbocycles. The average molecular weight is 288 g/mol. The van der Waals surface area contributed by atoms with Gasteiger partial charge in [-0.3, -0.25) is 9.69 Å². The van der Waals surface area contributed by atoms with E-state index in [0.717, 1.165) is 49.5 Å². The van der Waals surface area contributed by atoms with Gasteiger partial charge in [0.15, 0.2) is 5.78 Å². The summed E-state index contributed by atoms with van der Waals surface area (Å²) in [5.41, 5.74) is 8.93. The molecule has 4 heteroatoms. The Morgan fingerprint density at radius 2 is 2.00 bits per heavy atom. The molecule has 0 radical (unpaired) electrons. The van der Waals surface area contributed by atoms with E-state index in [2.05, 4.69) is 11.0 Å². The summed E-state index contributed by atoms with van der Waals surface area (Å²) >= 11 is 0. The van der Waals surface area contributed by atoms with Crippen LogP contribution < -0.4 is 5.73 Å². The molecule has 1 aromatic carbocycles. The number of morpholine rings is 1. The van der Waals surface area contributed by atoms with E-state index in [4.69, 9.17) is 10.5 Å². The van der Waals surface area contributed by atoms with Crippen molar-refractivity contribution in [2.24, 2.45) is 5.73 Å². The smallest absolute Gasteiger partial charge is 0.159 e. The molecule has 1 heterocycles. The van der Waals surface area contributed by atoms with E-state index in [0.29, 0.717) is 13.0 Å². The summed E-state index contributed by atoms with van der Waals surface area (Å²) in [6.45, 7) is 6.81. The number of carbonyl (C=O) groups excluding carboxylic acids is 1.